The highest BCUT2D eigenvalue weighted by Crippen LogP contribution is 2.22. The summed E-state index contributed by atoms with van der Waals surface area (Å²) in [4.78, 5) is 4.61. The molecule has 0 bridgehead atoms. The van der Waals surface area contributed by atoms with E-state index in [2.05, 4.69) is 23.9 Å². The average molecular weight is 265 g/mol. The van der Waals surface area contributed by atoms with Gasteiger partial charge in [0.05, 0.1) is 0 Å². The highest BCUT2D eigenvalue weighted by atomic mass is 19.1. The van der Waals surface area contributed by atoms with Gasteiger partial charge in [0.2, 0.25) is 0 Å². The summed E-state index contributed by atoms with van der Waals surface area (Å²) in [7, 11) is 4.18. The third kappa shape index (κ3) is 3.75. The molecule has 0 aromatic heterocycles. The van der Waals surface area contributed by atoms with E-state index in [0.29, 0.717) is 11.6 Å². The largest absolute Gasteiger partial charge is 0.323 e. The number of hydrogen-bond acceptors (Lipinski definition) is 3. The third-order valence-corrected chi connectivity index (χ3v) is 3.81. The van der Waals surface area contributed by atoms with Crippen molar-refractivity contribution in [3.05, 3.63) is 35.6 Å². The van der Waals surface area contributed by atoms with E-state index in [1.807, 2.05) is 6.07 Å². The quantitative estimate of drug-likeness (QED) is 0.882. The van der Waals surface area contributed by atoms with Crippen molar-refractivity contribution in [2.24, 2.45) is 5.73 Å². The first-order chi connectivity index (χ1) is 9.08. The molecule has 1 fully saturated rings. The zero-order valence-corrected chi connectivity index (χ0v) is 11.8. The number of hydrogen-bond donors (Lipinski definition) is 1. The van der Waals surface area contributed by atoms with Crippen molar-refractivity contribution >= 4 is 0 Å². The molecule has 2 rings (SSSR count). The number of likely N-dealkylation sites (N-methyl/N-ethyl adjacent to an activating group) is 1. The van der Waals surface area contributed by atoms with E-state index >= 15 is 0 Å². The summed E-state index contributed by atoms with van der Waals surface area (Å²) in [6.07, 6.45) is 2.42. The summed E-state index contributed by atoms with van der Waals surface area (Å²) in [6.45, 7) is 2.85. The normalized spacial score (nSPS) is 22.1. The van der Waals surface area contributed by atoms with E-state index in [-0.39, 0.29) is 11.9 Å². The first kappa shape index (κ1) is 14.4. The van der Waals surface area contributed by atoms with E-state index in [1.54, 1.807) is 12.1 Å². The van der Waals surface area contributed by atoms with Crippen LogP contribution in [0.15, 0.2) is 24.3 Å². The van der Waals surface area contributed by atoms with E-state index in [1.165, 1.54) is 18.9 Å². The molecule has 1 heterocycles. The highest BCUT2D eigenvalue weighted by Gasteiger charge is 2.27. The summed E-state index contributed by atoms with van der Waals surface area (Å²) in [6, 6.07) is 7.13. The van der Waals surface area contributed by atoms with Crippen LogP contribution in [0.2, 0.25) is 0 Å². The minimum Gasteiger partial charge on any atom is -0.323 e. The fraction of sp³-hybridized carbons (Fsp3) is 0.600. The minimum absolute atomic E-state index is 0.196. The van der Waals surface area contributed by atoms with Gasteiger partial charge in [0.1, 0.15) is 5.82 Å². The van der Waals surface area contributed by atoms with Crippen LogP contribution in [-0.2, 0) is 0 Å². The van der Waals surface area contributed by atoms with Gasteiger partial charge in [-0.3, -0.25) is 4.90 Å². The van der Waals surface area contributed by atoms with Gasteiger partial charge in [0, 0.05) is 30.7 Å². The van der Waals surface area contributed by atoms with Gasteiger partial charge in [-0.05, 0) is 39.5 Å². The molecule has 106 valence electrons. The van der Waals surface area contributed by atoms with Crippen LogP contribution < -0.4 is 5.73 Å². The van der Waals surface area contributed by atoms with Crippen LogP contribution in [0.4, 0.5) is 4.39 Å². The lowest BCUT2D eigenvalue weighted by Gasteiger charge is -2.29. The molecule has 0 spiro atoms. The van der Waals surface area contributed by atoms with Crippen molar-refractivity contribution in [1.82, 2.24) is 9.80 Å². The summed E-state index contributed by atoms with van der Waals surface area (Å²) in [5.41, 5.74) is 6.80. The number of nitrogens with two attached hydrogens (primary N) is 1. The van der Waals surface area contributed by atoms with Crippen molar-refractivity contribution < 1.29 is 4.39 Å². The zero-order valence-electron chi connectivity index (χ0n) is 11.8. The smallest absolute Gasteiger partial charge is 0.128 e. The van der Waals surface area contributed by atoms with Gasteiger partial charge in [-0.1, -0.05) is 18.2 Å². The Morgan fingerprint density at radius 1 is 1.42 bits per heavy atom. The maximum Gasteiger partial charge on any atom is 0.128 e. The molecule has 0 aliphatic carbocycles. The van der Waals surface area contributed by atoms with E-state index in [4.69, 9.17) is 5.73 Å². The fourth-order valence-electron chi connectivity index (χ4n) is 2.89. The molecular formula is C15H24FN3. The van der Waals surface area contributed by atoms with Gasteiger partial charge in [-0.2, -0.15) is 0 Å². The van der Waals surface area contributed by atoms with Crippen LogP contribution in [0.3, 0.4) is 0 Å². The molecule has 2 N–H and O–H groups in total. The first-order valence-electron chi connectivity index (χ1n) is 6.96. The number of halogens is 1. The summed E-state index contributed by atoms with van der Waals surface area (Å²) < 4.78 is 13.7. The Morgan fingerprint density at radius 2 is 2.16 bits per heavy atom. The van der Waals surface area contributed by atoms with E-state index in [0.717, 1.165) is 19.6 Å². The molecule has 4 heteroatoms. The molecule has 0 radical (unpaired) electrons. The maximum absolute atomic E-state index is 13.7. The van der Waals surface area contributed by atoms with Crippen LogP contribution in [0.25, 0.3) is 0 Å². The highest BCUT2D eigenvalue weighted by molar-refractivity contribution is 5.21. The van der Waals surface area contributed by atoms with Crippen LogP contribution in [0, 0.1) is 5.82 Å². The predicted octanol–water partition coefficient (Wildman–Crippen LogP) is 1.85. The number of benzene rings is 1. The second-order valence-corrected chi connectivity index (χ2v) is 5.68. The number of rotatable bonds is 5. The predicted molar refractivity (Wildman–Crippen MR) is 76.5 cm³/mol. The number of nitrogens with zero attached hydrogens (tertiary/aromatic N) is 2. The van der Waals surface area contributed by atoms with Crippen molar-refractivity contribution in [1.29, 1.82) is 0 Å². The molecule has 1 aromatic carbocycles. The molecular weight excluding hydrogens is 241 g/mol. The second-order valence-electron chi connectivity index (χ2n) is 5.68. The Bertz CT molecular complexity index is 408. The Balaban J connectivity index is 1.98. The van der Waals surface area contributed by atoms with Gasteiger partial charge in [0.25, 0.3) is 0 Å². The zero-order chi connectivity index (χ0) is 13.8. The van der Waals surface area contributed by atoms with Crippen LogP contribution in [0.5, 0.6) is 0 Å². The van der Waals surface area contributed by atoms with Gasteiger partial charge in [-0.15, -0.1) is 0 Å². The van der Waals surface area contributed by atoms with Crippen LogP contribution in [0.1, 0.15) is 24.4 Å². The Hall–Kier alpha value is -0.970. The summed E-state index contributed by atoms with van der Waals surface area (Å²) >= 11 is 0. The molecule has 3 nitrogen and oxygen atoms in total. The molecule has 19 heavy (non-hydrogen) atoms. The monoisotopic (exact) mass is 265 g/mol. The van der Waals surface area contributed by atoms with Crippen LogP contribution in [-0.4, -0.2) is 49.6 Å². The summed E-state index contributed by atoms with van der Waals surface area (Å²) in [5.74, 6) is -0.196. The van der Waals surface area contributed by atoms with Crippen molar-refractivity contribution in [3.63, 3.8) is 0 Å². The lowest BCUT2D eigenvalue weighted by Crippen LogP contribution is -2.41. The van der Waals surface area contributed by atoms with Crippen molar-refractivity contribution in [3.8, 4) is 0 Å². The van der Waals surface area contributed by atoms with E-state index in [9.17, 15) is 4.39 Å². The fourth-order valence-corrected chi connectivity index (χ4v) is 2.89. The SMILES string of the molecule is CN(C)CC1CCCN1CC(N)c1ccccc1F. The number of likely N-dealkylation sites (tertiary alicyclic amines) is 1. The van der Waals surface area contributed by atoms with Gasteiger partial charge >= 0.3 is 0 Å². The first-order valence-corrected chi connectivity index (χ1v) is 6.96. The lowest BCUT2D eigenvalue weighted by molar-refractivity contribution is 0.197. The second kappa shape index (κ2) is 6.46. The molecule has 2 atom stereocenters. The molecule has 0 amide bonds. The lowest BCUT2D eigenvalue weighted by atomic mass is 10.1. The van der Waals surface area contributed by atoms with Crippen molar-refractivity contribution in [2.75, 3.05) is 33.7 Å². The Labute approximate surface area is 115 Å². The third-order valence-electron chi connectivity index (χ3n) is 3.81. The van der Waals surface area contributed by atoms with Gasteiger partial charge in [-0.25, -0.2) is 4.39 Å². The standard InChI is InChI=1S/C15H24FN3/c1-18(2)10-12-6-5-9-19(12)11-15(17)13-7-3-4-8-14(13)16/h3-4,7-8,12,15H,5-6,9-11,17H2,1-2H3. The topological polar surface area (TPSA) is 32.5 Å². The van der Waals surface area contributed by atoms with E-state index < -0.39 is 0 Å². The maximum atomic E-state index is 13.7. The Kier molecular flexibility index (Phi) is 4.91. The molecule has 1 aliphatic heterocycles. The summed E-state index contributed by atoms with van der Waals surface area (Å²) in [5, 5.41) is 0. The molecule has 0 saturated carbocycles. The minimum atomic E-state index is -0.246. The molecule has 2 unspecified atom stereocenters. The molecule has 1 aromatic rings. The molecule has 1 saturated heterocycles. The Morgan fingerprint density at radius 3 is 2.84 bits per heavy atom. The van der Waals surface area contributed by atoms with Crippen LogP contribution >= 0.6 is 0 Å². The molecule has 1 aliphatic rings. The van der Waals surface area contributed by atoms with Gasteiger partial charge in [0.15, 0.2) is 0 Å². The van der Waals surface area contributed by atoms with Crippen molar-refractivity contribution in [2.45, 2.75) is 24.9 Å². The average Bonchev–Trinajstić information content (AvgIpc) is 2.76. The van der Waals surface area contributed by atoms with Gasteiger partial charge < -0.3 is 10.6 Å².